The van der Waals surface area contributed by atoms with Crippen LogP contribution >= 0.6 is 11.6 Å². The number of aromatic nitrogens is 2. The van der Waals surface area contributed by atoms with Crippen molar-refractivity contribution in [3.63, 3.8) is 0 Å². The molecule has 0 saturated heterocycles. The molecular weight excluding hydrogens is 440 g/mol. The number of hydrogen-bond acceptors (Lipinski definition) is 6. The highest BCUT2D eigenvalue weighted by Gasteiger charge is 2.38. The minimum atomic E-state index is -0.545. The van der Waals surface area contributed by atoms with Crippen molar-refractivity contribution in [2.75, 3.05) is 0 Å². The number of para-hydroxylation sites is 1. The SMILES string of the molecule is Cc1nn(-c2ccccc2)c2c1C(c1ccc(COc3cccc(Cl)c3)o1)C(C#N)=C(N)O2. The van der Waals surface area contributed by atoms with Gasteiger partial charge in [-0.25, -0.2) is 4.68 Å². The zero-order valence-electron chi connectivity index (χ0n) is 17.7. The van der Waals surface area contributed by atoms with Crippen molar-refractivity contribution in [2.45, 2.75) is 19.4 Å². The van der Waals surface area contributed by atoms with E-state index in [0.717, 1.165) is 11.3 Å². The quantitative estimate of drug-likeness (QED) is 0.440. The number of rotatable bonds is 5. The fourth-order valence-electron chi connectivity index (χ4n) is 3.88. The summed E-state index contributed by atoms with van der Waals surface area (Å²) in [7, 11) is 0. The predicted octanol–water partition coefficient (Wildman–Crippen LogP) is 5.22. The molecule has 1 aliphatic rings. The lowest BCUT2D eigenvalue weighted by Crippen LogP contribution is -2.21. The van der Waals surface area contributed by atoms with Crippen molar-refractivity contribution in [2.24, 2.45) is 5.73 Å². The van der Waals surface area contributed by atoms with E-state index in [0.29, 0.717) is 33.9 Å². The zero-order valence-corrected chi connectivity index (χ0v) is 18.4. The van der Waals surface area contributed by atoms with Crippen molar-refractivity contribution < 1.29 is 13.9 Å². The minimum Gasteiger partial charge on any atom is -0.486 e. The highest BCUT2D eigenvalue weighted by Crippen LogP contribution is 2.45. The molecule has 2 aromatic heterocycles. The van der Waals surface area contributed by atoms with Gasteiger partial charge in [0.25, 0.3) is 0 Å². The number of allylic oxidation sites excluding steroid dienone is 1. The van der Waals surface area contributed by atoms with Crippen LogP contribution in [-0.2, 0) is 6.61 Å². The first kappa shape index (κ1) is 20.7. The smallest absolute Gasteiger partial charge is 0.229 e. The molecule has 7 nitrogen and oxygen atoms in total. The fraction of sp³-hybridized carbons (Fsp3) is 0.120. The Morgan fingerprint density at radius 3 is 2.73 bits per heavy atom. The molecular formula is C25H19ClN4O3. The van der Waals surface area contributed by atoms with E-state index in [1.165, 1.54) is 0 Å². The van der Waals surface area contributed by atoms with E-state index >= 15 is 0 Å². The number of benzene rings is 2. The molecule has 8 heteroatoms. The predicted molar refractivity (Wildman–Crippen MR) is 122 cm³/mol. The first-order chi connectivity index (χ1) is 16.0. The van der Waals surface area contributed by atoms with Gasteiger partial charge in [0.05, 0.1) is 22.9 Å². The van der Waals surface area contributed by atoms with Gasteiger partial charge in [-0.05, 0) is 49.4 Å². The Hall–Kier alpha value is -4.15. The Labute approximate surface area is 195 Å². The summed E-state index contributed by atoms with van der Waals surface area (Å²) in [5.41, 5.74) is 8.71. The molecule has 1 aliphatic heterocycles. The number of hydrogen-bond donors (Lipinski definition) is 1. The first-order valence-corrected chi connectivity index (χ1v) is 10.6. The topological polar surface area (TPSA) is 99.2 Å². The van der Waals surface area contributed by atoms with E-state index in [-0.39, 0.29) is 18.1 Å². The molecule has 2 N–H and O–H groups in total. The molecule has 0 fully saturated rings. The number of ether oxygens (including phenoxy) is 2. The summed E-state index contributed by atoms with van der Waals surface area (Å²) in [5.74, 6) is 1.74. The number of aryl methyl sites for hydroxylation is 1. The lowest BCUT2D eigenvalue weighted by atomic mass is 9.88. The molecule has 0 spiro atoms. The standard InChI is InChI=1S/C25H19ClN4O3/c1-15-22-23(21-11-10-19(32-21)14-31-18-9-5-6-16(26)12-18)20(13-27)24(28)33-25(22)30(29-15)17-7-3-2-4-8-17/h2-12,23H,14,28H2,1H3. The van der Waals surface area contributed by atoms with Crippen LogP contribution in [0.25, 0.3) is 5.69 Å². The summed E-state index contributed by atoms with van der Waals surface area (Å²) in [6, 6.07) is 22.5. The van der Waals surface area contributed by atoms with Crippen LogP contribution in [0.3, 0.4) is 0 Å². The van der Waals surface area contributed by atoms with Crippen molar-refractivity contribution >= 4 is 11.6 Å². The molecule has 1 unspecified atom stereocenters. The van der Waals surface area contributed by atoms with Gasteiger partial charge >= 0.3 is 0 Å². The van der Waals surface area contributed by atoms with E-state index in [1.807, 2.05) is 61.5 Å². The first-order valence-electron chi connectivity index (χ1n) is 10.2. The molecule has 4 aromatic rings. The molecule has 1 atom stereocenters. The molecule has 5 rings (SSSR count). The van der Waals surface area contributed by atoms with Crippen molar-refractivity contribution in [3.05, 3.63) is 106 Å². The number of nitrogens with two attached hydrogens (primary N) is 1. The summed E-state index contributed by atoms with van der Waals surface area (Å²) in [6.45, 7) is 2.08. The van der Waals surface area contributed by atoms with Crippen molar-refractivity contribution in [3.8, 4) is 23.4 Å². The normalized spacial score (nSPS) is 15.0. The van der Waals surface area contributed by atoms with E-state index in [2.05, 4.69) is 11.2 Å². The molecule has 0 radical (unpaired) electrons. The van der Waals surface area contributed by atoms with Crippen LogP contribution in [0.1, 0.15) is 28.7 Å². The maximum absolute atomic E-state index is 9.84. The molecule has 0 aliphatic carbocycles. The Morgan fingerprint density at radius 1 is 1.15 bits per heavy atom. The van der Waals surface area contributed by atoms with Crippen molar-refractivity contribution in [1.29, 1.82) is 5.26 Å². The van der Waals surface area contributed by atoms with Crippen LogP contribution in [0.5, 0.6) is 11.6 Å². The van der Waals surface area contributed by atoms with Gasteiger partial charge in [0.1, 0.15) is 35.5 Å². The lowest BCUT2D eigenvalue weighted by molar-refractivity contribution is 0.264. The van der Waals surface area contributed by atoms with Crippen LogP contribution < -0.4 is 15.2 Å². The molecule has 33 heavy (non-hydrogen) atoms. The van der Waals surface area contributed by atoms with Crippen LogP contribution in [0.15, 0.2) is 82.6 Å². The number of furan rings is 1. The molecule has 0 bridgehead atoms. The highest BCUT2D eigenvalue weighted by atomic mass is 35.5. The van der Waals surface area contributed by atoms with Gasteiger partial charge < -0.3 is 19.6 Å². The van der Waals surface area contributed by atoms with E-state index in [1.54, 1.807) is 16.8 Å². The summed E-state index contributed by atoms with van der Waals surface area (Å²) in [5, 5.41) is 15.1. The largest absolute Gasteiger partial charge is 0.486 e. The summed E-state index contributed by atoms with van der Waals surface area (Å²) < 4.78 is 19.4. The van der Waals surface area contributed by atoms with E-state index in [4.69, 9.17) is 31.2 Å². The van der Waals surface area contributed by atoms with Gasteiger partial charge in [0.15, 0.2) is 0 Å². The van der Waals surface area contributed by atoms with Gasteiger partial charge in [0, 0.05) is 5.02 Å². The number of halogens is 1. The molecule has 3 heterocycles. The van der Waals surface area contributed by atoms with Crippen LogP contribution in [0.2, 0.25) is 5.02 Å². The Bertz CT molecular complexity index is 1400. The highest BCUT2D eigenvalue weighted by molar-refractivity contribution is 6.30. The van der Waals surface area contributed by atoms with Gasteiger partial charge in [-0.3, -0.25) is 0 Å². The monoisotopic (exact) mass is 458 g/mol. The van der Waals surface area contributed by atoms with Gasteiger partial charge in [0.2, 0.25) is 11.8 Å². The van der Waals surface area contributed by atoms with E-state index in [9.17, 15) is 5.26 Å². The van der Waals surface area contributed by atoms with Crippen LogP contribution in [-0.4, -0.2) is 9.78 Å². The van der Waals surface area contributed by atoms with Crippen molar-refractivity contribution in [1.82, 2.24) is 9.78 Å². The van der Waals surface area contributed by atoms with Gasteiger partial charge in [-0.1, -0.05) is 35.9 Å². The Morgan fingerprint density at radius 2 is 1.97 bits per heavy atom. The lowest BCUT2D eigenvalue weighted by Gasteiger charge is -2.23. The van der Waals surface area contributed by atoms with Crippen LogP contribution in [0.4, 0.5) is 0 Å². The summed E-state index contributed by atoms with van der Waals surface area (Å²) in [6.07, 6.45) is 0. The Balaban J connectivity index is 1.51. The zero-order chi connectivity index (χ0) is 22.9. The van der Waals surface area contributed by atoms with E-state index < -0.39 is 5.92 Å². The second kappa shape index (κ2) is 8.41. The fourth-order valence-corrected chi connectivity index (χ4v) is 4.06. The molecule has 164 valence electrons. The Kier molecular flexibility index (Phi) is 5.29. The van der Waals surface area contributed by atoms with Crippen LogP contribution in [0, 0.1) is 18.3 Å². The maximum atomic E-state index is 9.84. The third-order valence-corrected chi connectivity index (χ3v) is 5.61. The third kappa shape index (κ3) is 3.81. The minimum absolute atomic E-state index is 0.0280. The molecule has 0 saturated carbocycles. The number of fused-ring (bicyclic) bond motifs is 1. The summed E-state index contributed by atoms with van der Waals surface area (Å²) >= 11 is 6.02. The maximum Gasteiger partial charge on any atom is 0.229 e. The molecule has 2 aromatic carbocycles. The van der Waals surface area contributed by atoms with Gasteiger partial charge in [-0.2, -0.15) is 10.4 Å². The third-order valence-electron chi connectivity index (χ3n) is 5.38. The average Bonchev–Trinajstić information content (AvgIpc) is 3.42. The summed E-state index contributed by atoms with van der Waals surface area (Å²) in [4.78, 5) is 0. The second-order valence-corrected chi connectivity index (χ2v) is 7.96. The van der Waals surface area contributed by atoms with Gasteiger partial charge in [-0.15, -0.1) is 0 Å². The average molecular weight is 459 g/mol. The second-order valence-electron chi connectivity index (χ2n) is 7.53. The molecule has 0 amide bonds. The number of nitriles is 1. The number of nitrogens with zero attached hydrogens (tertiary/aromatic N) is 3.